The number of likely N-dealkylation sites (N-methyl/N-ethyl adjacent to an activating group) is 1. The summed E-state index contributed by atoms with van der Waals surface area (Å²) in [5, 5.41) is 14.8. The van der Waals surface area contributed by atoms with Crippen LogP contribution in [0.25, 0.3) is 11.2 Å². The summed E-state index contributed by atoms with van der Waals surface area (Å²) in [5.74, 6) is -0.317. The van der Waals surface area contributed by atoms with Crippen LogP contribution < -0.4 is 10.6 Å². The van der Waals surface area contributed by atoms with Gasteiger partial charge in [0.25, 0.3) is 11.8 Å². The number of carbonyl (C=O) groups excluding carboxylic acids is 2. The van der Waals surface area contributed by atoms with Gasteiger partial charge >= 0.3 is 0 Å². The van der Waals surface area contributed by atoms with Gasteiger partial charge in [-0.25, -0.2) is 9.97 Å². The van der Waals surface area contributed by atoms with Crippen molar-refractivity contribution in [3.05, 3.63) is 53.2 Å². The second-order valence-corrected chi connectivity index (χ2v) is 7.71. The number of pyridine rings is 1. The number of rotatable bonds is 10. The molecule has 0 aliphatic carbocycles. The smallest absolute Gasteiger partial charge is 0.258 e. The van der Waals surface area contributed by atoms with E-state index in [0.717, 1.165) is 6.54 Å². The van der Waals surface area contributed by atoms with Crippen molar-refractivity contribution in [2.45, 2.75) is 13.0 Å². The van der Waals surface area contributed by atoms with E-state index >= 15 is 0 Å². The van der Waals surface area contributed by atoms with Gasteiger partial charge in [0.1, 0.15) is 5.52 Å². The van der Waals surface area contributed by atoms with Crippen molar-refractivity contribution in [2.75, 3.05) is 46.2 Å². The van der Waals surface area contributed by atoms with Gasteiger partial charge in [-0.1, -0.05) is 6.07 Å². The van der Waals surface area contributed by atoms with E-state index in [9.17, 15) is 9.59 Å². The van der Waals surface area contributed by atoms with Crippen molar-refractivity contribution in [1.29, 1.82) is 5.26 Å². The van der Waals surface area contributed by atoms with Gasteiger partial charge in [0, 0.05) is 45.1 Å². The molecule has 0 bridgehead atoms. The predicted octanol–water partition coefficient (Wildman–Crippen LogP) is 1.88. The zero-order chi connectivity index (χ0) is 23.8. The molecule has 0 saturated carbocycles. The molecular formula is C23H27N7O3. The van der Waals surface area contributed by atoms with E-state index in [1.165, 1.54) is 12.3 Å². The number of methoxy groups -OCH3 is 1. The van der Waals surface area contributed by atoms with Crippen LogP contribution in [0.2, 0.25) is 0 Å². The van der Waals surface area contributed by atoms with Gasteiger partial charge in [0.15, 0.2) is 5.65 Å². The van der Waals surface area contributed by atoms with E-state index in [1.807, 2.05) is 25.1 Å². The molecule has 10 nitrogen and oxygen atoms in total. The molecule has 2 aromatic heterocycles. The number of carbonyl (C=O) groups is 2. The van der Waals surface area contributed by atoms with Crippen LogP contribution in [0.3, 0.4) is 0 Å². The lowest BCUT2D eigenvalue weighted by Gasteiger charge is -2.10. The van der Waals surface area contributed by atoms with E-state index in [4.69, 9.17) is 10.00 Å². The first kappa shape index (κ1) is 23.8. The van der Waals surface area contributed by atoms with Crippen molar-refractivity contribution in [1.82, 2.24) is 24.8 Å². The number of aromatic nitrogens is 3. The number of imidazole rings is 1. The quantitative estimate of drug-likeness (QED) is 0.453. The molecule has 0 unspecified atom stereocenters. The molecule has 0 atom stereocenters. The van der Waals surface area contributed by atoms with E-state index in [2.05, 4.69) is 20.6 Å². The molecule has 33 heavy (non-hydrogen) atoms. The summed E-state index contributed by atoms with van der Waals surface area (Å²) in [7, 11) is 5.49. The molecule has 10 heteroatoms. The van der Waals surface area contributed by atoms with Gasteiger partial charge in [-0.3, -0.25) is 19.5 Å². The van der Waals surface area contributed by atoms with Crippen LogP contribution in [0, 0.1) is 11.3 Å². The number of benzene rings is 1. The van der Waals surface area contributed by atoms with Crippen molar-refractivity contribution >= 4 is 28.9 Å². The highest BCUT2D eigenvalue weighted by atomic mass is 16.5. The van der Waals surface area contributed by atoms with Crippen LogP contribution >= 0.6 is 0 Å². The fraction of sp³-hybridized carbons (Fsp3) is 0.348. The summed E-state index contributed by atoms with van der Waals surface area (Å²) in [5.41, 5.74) is 2.18. The average molecular weight is 450 g/mol. The Balaban J connectivity index is 1.88. The largest absolute Gasteiger partial charge is 0.385 e. The number of nitrogens with zero attached hydrogens (tertiary/aromatic N) is 5. The molecule has 3 aromatic rings. The summed E-state index contributed by atoms with van der Waals surface area (Å²) in [4.78, 5) is 36.2. The molecule has 2 heterocycles. The predicted molar refractivity (Wildman–Crippen MR) is 124 cm³/mol. The number of ether oxygens (including phenoxy) is 1. The fourth-order valence-electron chi connectivity index (χ4n) is 3.21. The first-order valence-corrected chi connectivity index (χ1v) is 10.5. The Labute approximate surface area is 192 Å². The highest BCUT2D eigenvalue weighted by Gasteiger charge is 2.17. The van der Waals surface area contributed by atoms with Gasteiger partial charge in [0.2, 0.25) is 5.95 Å². The summed E-state index contributed by atoms with van der Waals surface area (Å²) in [6, 6.07) is 10.1. The number of hydrogen-bond acceptors (Lipinski definition) is 7. The molecule has 172 valence electrons. The van der Waals surface area contributed by atoms with Crippen molar-refractivity contribution in [2.24, 2.45) is 0 Å². The van der Waals surface area contributed by atoms with Crippen LogP contribution in [0.5, 0.6) is 0 Å². The molecule has 3 rings (SSSR count). The van der Waals surface area contributed by atoms with Crippen LogP contribution in [-0.4, -0.2) is 72.2 Å². The van der Waals surface area contributed by atoms with Crippen LogP contribution in [-0.2, 0) is 11.3 Å². The first-order valence-electron chi connectivity index (χ1n) is 10.5. The number of anilines is 1. The number of fused-ring (bicyclic) bond motifs is 1. The van der Waals surface area contributed by atoms with Gasteiger partial charge in [-0.15, -0.1) is 0 Å². The second-order valence-electron chi connectivity index (χ2n) is 7.71. The molecular weight excluding hydrogens is 422 g/mol. The minimum atomic E-state index is -0.392. The fourth-order valence-corrected chi connectivity index (χ4v) is 3.21. The average Bonchev–Trinajstić information content (AvgIpc) is 3.15. The number of hydrogen-bond donors (Lipinski definition) is 2. The molecule has 0 fully saturated rings. The highest BCUT2D eigenvalue weighted by molar-refractivity contribution is 6.04. The Morgan fingerprint density at radius 1 is 1.21 bits per heavy atom. The normalized spacial score (nSPS) is 10.9. The molecule has 2 N–H and O–H groups in total. The lowest BCUT2D eigenvalue weighted by molar-refractivity contribution is 0.0950. The van der Waals surface area contributed by atoms with E-state index < -0.39 is 5.91 Å². The minimum Gasteiger partial charge on any atom is -0.385 e. The minimum absolute atomic E-state index is 0.237. The molecule has 1 aromatic carbocycles. The Morgan fingerprint density at radius 3 is 2.76 bits per heavy atom. The summed E-state index contributed by atoms with van der Waals surface area (Å²) in [6.45, 7) is 2.28. The number of nitriles is 1. The zero-order valence-electron chi connectivity index (χ0n) is 19.0. The van der Waals surface area contributed by atoms with Gasteiger partial charge in [-0.05, 0) is 44.8 Å². The number of nitrogens with one attached hydrogen (secondary N) is 2. The Bertz CT molecular complexity index is 1180. The SMILES string of the molecule is COCCCn1c(NC(=O)c2cccc(C#N)c2)nc2cc(C(=O)NCCN(C)C)cnc21. The first-order chi connectivity index (χ1) is 15.9. The molecule has 2 amide bonds. The van der Waals surface area contributed by atoms with Crippen LogP contribution in [0.4, 0.5) is 5.95 Å². The summed E-state index contributed by atoms with van der Waals surface area (Å²) < 4.78 is 6.93. The third-order valence-electron chi connectivity index (χ3n) is 4.90. The third kappa shape index (κ3) is 6.12. The maximum absolute atomic E-state index is 12.8. The Kier molecular flexibility index (Phi) is 8.07. The summed E-state index contributed by atoms with van der Waals surface area (Å²) >= 11 is 0. The van der Waals surface area contributed by atoms with E-state index in [-0.39, 0.29) is 5.91 Å². The van der Waals surface area contributed by atoms with Gasteiger partial charge in [0.05, 0.1) is 17.2 Å². The number of amides is 2. The molecule has 0 spiro atoms. The summed E-state index contributed by atoms with van der Waals surface area (Å²) in [6.07, 6.45) is 2.19. The maximum Gasteiger partial charge on any atom is 0.258 e. The highest BCUT2D eigenvalue weighted by Crippen LogP contribution is 2.20. The van der Waals surface area contributed by atoms with Gasteiger partial charge in [-0.2, -0.15) is 5.26 Å². The standard InChI is InChI=1S/C23H27N7O3/c1-29(2)10-8-25-21(31)18-13-19-20(26-15-18)30(9-5-11-33-3)23(27-19)28-22(32)17-7-4-6-16(12-17)14-24/h4,6-7,12-13,15H,5,8-11H2,1-3H3,(H,25,31)(H,27,28,32). The molecule has 0 radical (unpaired) electrons. The lowest BCUT2D eigenvalue weighted by atomic mass is 10.1. The zero-order valence-corrected chi connectivity index (χ0v) is 19.0. The number of aryl methyl sites for hydroxylation is 1. The second kappa shape index (κ2) is 11.2. The van der Waals surface area contributed by atoms with Crippen molar-refractivity contribution in [3.63, 3.8) is 0 Å². The van der Waals surface area contributed by atoms with E-state index in [1.54, 1.807) is 35.9 Å². The van der Waals surface area contributed by atoms with Gasteiger partial charge < -0.3 is 15.0 Å². The van der Waals surface area contributed by atoms with Crippen molar-refractivity contribution in [3.8, 4) is 6.07 Å². The Hall–Kier alpha value is -3.81. The maximum atomic E-state index is 12.8. The molecule has 0 aliphatic heterocycles. The Morgan fingerprint density at radius 2 is 2.03 bits per heavy atom. The monoisotopic (exact) mass is 449 g/mol. The third-order valence-corrected chi connectivity index (χ3v) is 4.90. The molecule has 0 saturated heterocycles. The van der Waals surface area contributed by atoms with Crippen molar-refractivity contribution < 1.29 is 14.3 Å². The lowest BCUT2D eigenvalue weighted by Crippen LogP contribution is -2.31. The van der Waals surface area contributed by atoms with E-state index in [0.29, 0.717) is 59.9 Å². The van der Waals surface area contributed by atoms with Crippen LogP contribution in [0.1, 0.15) is 32.7 Å². The molecule has 0 aliphatic rings. The topological polar surface area (TPSA) is 125 Å². The van der Waals surface area contributed by atoms with Crippen LogP contribution in [0.15, 0.2) is 36.5 Å².